The highest BCUT2D eigenvalue weighted by atomic mass is 16.5. The van der Waals surface area contributed by atoms with Crippen molar-refractivity contribution >= 4 is 11.5 Å². The van der Waals surface area contributed by atoms with E-state index in [2.05, 4.69) is 25.3 Å². The summed E-state index contributed by atoms with van der Waals surface area (Å²) in [6.45, 7) is 2.03. The zero-order chi connectivity index (χ0) is 19.3. The molecule has 4 rings (SSSR count). The summed E-state index contributed by atoms with van der Waals surface area (Å²) in [4.78, 5) is 18.1. The van der Waals surface area contributed by atoms with Gasteiger partial charge < -0.3 is 10.1 Å². The summed E-state index contributed by atoms with van der Waals surface area (Å²) in [5.41, 5.74) is 4.12. The molecule has 0 unspecified atom stereocenters. The van der Waals surface area contributed by atoms with Gasteiger partial charge in [-0.3, -0.25) is 9.97 Å². The molecule has 0 saturated carbocycles. The molecule has 0 amide bonds. The van der Waals surface area contributed by atoms with Gasteiger partial charge in [-0.15, -0.1) is 0 Å². The molecule has 0 aliphatic carbocycles. The number of anilines is 2. The van der Waals surface area contributed by atoms with E-state index in [1.807, 2.05) is 67.6 Å². The van der Waals surface area contributed by atoms with Gasteiger partial charge in [0.15, 0.2) is 5.82 Å². The second-order valence-electron chi connectivity index (χ2n) is 6.22. The van der Waals surface area contributed by atoms with Crippen LogP contribution in [0.3, 0.4) is 0 Å². The minimum Gasteiger partial charge on any atom is -0.495 e. The zero-order valence-electron chi connectivity index (χ0n) is 15.6. The van der Waals surface area contributed by atoms with Crippen molar-refractivity contribution < 1.29 is 4.74 Å². The molecule has 138 valence electrons. The number of nitrogens with one attached hydrogen (secondary N) is 1. The monoisotopic (exact) mass is 369 g/mol. The van der Waals surface area contributed by atoms with Crippen LogP contribution >= 0.6 is 0 Å². The highest BCUT2D eigenvalue weighted by molar-refractivity contribution is 5.70. The van der Waals surface area contributed by atoms with Crippen molar-refractivity contribution in [2.24, 2.45) is 0 Å². The van der Waals surface area contributed by atoms with E-state index in [0.29, 0.717) is 23.0 Å². The molecule has 3 aromatic heterocycles. The third kappa shape index (κ3) is 3.81. The van der Waals surface area contributed by atoms with Crippen molar-refractivity contribution in [2.45, 2.75) is 6.92 Å². The molecule has 0 aliphatic rings. The van der Waals surface area contributed by atoms with Crippen molar-refractivity contribution in [1.29, 1.82) is 0 Å². The molecule has 0 fully saturated rings. The molecular weight excluding hydrogens is 350 g/mol. The molecule has 4 aromatic rings. The number of rotatable bonds is 5. The normalized spacial score (nSPS) is 10.5. The van der Waals surface area contributed by atoms with E-state index in [1.165, 1.54) is 0 Å². The quantitative estimate of drug-likeness (QED) is 0.551. The molecule has 6 nitrogen and oxygen atoms in total. The number of nitrogens with zero attached hydrogens (tertiary/aromatic N) is 4. The molecule has 0 saturated heterocycles. The molecule has 0 spiro atoms. The van der Waals surface area contributed by atoms with E-state index in [0.717, 1.165) is 22.7 Å². The van der Waals surface area contributed by atoms with E-state index in [4.69, 9.17) is 4.74 Å². The minimum atomic E-state index is 0.526. The number of ether oxygens (including phenoxy) is 1. The number of hydrogen-bond acceptors (Lipinski definition) is 6. The van der Waals surface area contributed by atoms with Crippen LogP contribution in [0.15, 0.2) is 73.1 Å². The third-order valence-corrected chi connectivity index (χ3v) is 4.17. The molecule has 0 aliphatic heterocycles. The lowest BCUT2D eigenvalue weighted by Crippen LogP contribution is -2.02. The summed E-state index contributed by atoms with van der Waals surface area (Å²) < 4.78 is 5.47. The first-order chi connectivity index (χ1) is 13.7. The fraction of sp³-hybridized carbons (Fsp3) is 0.0909. The standard InChI is InChI=1S/C22H19N5O/c1-15-9-10-20(28-2)19(13-15)25-21-14-18(16-7-3-5-11-23-16)26-22(27-21)17-8-4-6-12-24-17/h3-14H,1-2H3,(H,25,26,27). The molecule has 1 N–H and O–H groups in total. The van der Waals surface area contributed by atoms with E-state index in [9.17, 15) is 0 Å². The smallest absolute Gasteiger partial charge is 0.180 e. The van der Waals surface area contributed by atoms with Gasteiger partial charge in [0.1, 0.15) is 17.3 Å². The lowest BCUT2D eigenvalue weighted by Gasteiger charge is -2.13. The predicted octanol–water partition coefficient (Wildman–Crippen LogP) is 4.66. The largest absolute Gasteiger partial charge is 0.495 e. The number of benzene rings is 1. The second-order valence-corrected chi connectivity index (χ2v) is 6.22. The Hall–Kier alpha value is -3.80. The maximum atomic E-state index is 5.47. The lowest BCUT2D eigenvalue weighted by molar-refractivity contribution is 0.416. The van der Waals surface area contributed by atoms with E-state index >= 15 is 0 Å². The molecular formula is C22H19N5O. The van der Waals surface area contributed by atoms with Gasteiger partial charge in [-0.2, -0.15) is 0 Å². The first-order valence-corrected chi connectivity index (χ1v) is 8.86. The Morgan fingerprint density at radius 1 is 0.786 bits per heavy atom. The highest BCUT2D eigenvalue weighted by Crippen LogP contribution is 2.30. The van der Waals surface area contributed by atoms with Crippen LogP contribution in [0.5, 0.6) is 5.75 Å². The van der Waals surface area contributed by atoms with Gasteiger partial charge in [-0.1, -0.05) is 18.2 Å². The Labute approximate surface area is 163 Å². The first-order valence-electron chi connectivity index (χ1n) is 8.86. The van der Waals surface area contributed by atoms with Crippen LogP contribution in [0.1, 0.15) is 5.56 Å². The average molecular weight is 369 g/mol. The van der Waals surface area contributed by atoms with Crippen LogP contribution in [-0.4, -0.2) is 27.0 Å². The number of aromatic nitrogens is 4. The Kier molecular flexibility index (Phi) is 4.93. The Morgan fingerprint density at radius 3 is 2.21 bits per heavy atom. The molecule has 1 aromatic carbocycles. The lowest BCUT2D eigenvalue weighted by atomic mass is 10.2. The fourth-order valence-electron chi connectivity index (χ4n) is 2.82. The van der Waals surface area contributed by atoms with Crippen LogP contribution in [0.4, 0.5) is 11.5 Å². The maximum Gasteiger partial charge on any atom is 0.180 e. The van der Waals surface area contributed by atoms with Crippen molar-refractivity contribution in [2.75, 3.05) is 12.4 Å². The summed E-state index contributed by atoms with van der Waals surface area (Å²) in [5, 5.41) is 3.35. The van der Waals surface area contributed by atoms with Crippen LogP contribution < -0.4 is 10.1 Å². The summed E-state index contributed by atoms with van der Waals surface area (Å²) >= 11 is 0. The van der Waals surface area contributed by atoms with Gasteiger partial charge in [-0.05, 0) is 48.9 Å². The Bertz CT molecular complexity index is 1030. The van der Waals surface area contributed by atoms with Gasteiger partial charge in [0.25, 0.3) is 0 Å². The van der Waals surface area contributed by atoms with Crippen LogP contribution in [0, 0.1) is 6.92 Å². The molecule has 3 heterocycles. The molecule has 0 atom stereocenters. The average Bonchev–Trinajstić information content (AvgIpc) is 2.75. The van der Waals surface area contributed by atoms with Crippen molar-refractivity contribution in [3.63, 3.8) is 0 Å². The minimum absolute atomic E-state index is 0.526. The maximum absolute atomic E-state index is 5.47. The SMILES string of the molecule is COc1ccc(C)cc1Nc1cc(-c2ccccn2)nc(-c2ccccn2)n1. The topological polar surface area (TPSA) is 72.8 Å². The van der Waals surface area contributed by atoms with Gasteiger partial charge >= 0.3 is 0 Å². The predicted molar refractivity (Wildman–Crippen MR) is 110 cm³/mol. The van der Waals surface area contributed by atoms with Gasteiger partial charge in [-0.25, -0.2) is 9.97 Å². The number of methoxy groups -OCH3 is 1. The molecule has 28 heavy (non-hydrogen) atoms. The fourth-order valence-corrected chi connectivity index (χ4v) is 2.82. The Balaban J connectivity index is 1.82. The van der Waals surface area contributed by atoms with E-state index in [-0.39, 0.29) is 0 Å². The van der Waals surface area contributed by atoms with E-state index in [1.54, 1.807) is 19.5 Å². The zero-order valence-corrected chi connectivity index (χ0v) is 15.6. The second kappa shape index (κ2) is 7.84. The first kappa shape index (κ1) is 17.6. The summed E-state index contributed by atoms with van der Waals surface area (Å²) in [5.74, 6) is 1.90. The van der Waals surface area contributed by atoms with Crippen molar-refractivity contribution in [3.05, 3.63) is 78.6 Å². The van der Waals surface area contributed by atoms with Crippen LogP contribution in [0.25, 0.3) is 22.9 Å². The summed E-state index contributed by atoms with van der Waals surface area (Å²) in [6.07, 6.45) is 3.47. The van der Waals surface area contributed by atoms with Crippen molar-refractivity contribution in [3.8, 4) is 28.7 Å². The number of pyridine rings is 2. The van der Waals surface area contributed by atoms with Crippen LogP contribution in [0.2, 0.25) is 0 Å². The number of hydrogen-bond donors (Lipinski definition) is 1. The molecule has 6 heteroatoms. The summed E-state index contributed by atoms with van der Waals surface area (Å²) in [6, 6.07) is 19.2. The summed E-state index contributed by atoms with van der Waals surface area (Å²) in [7, 11) is 1.65. The van der Waals surface area contributed by atoms with E-state index < -0.39 is 0 Å². The Morgan fingerprint density at radius 2 is 1.54 bits per heavy atom. The van der Waals surface area contributed by atoms with Crippen molar-refractivity contribution in [1.82, 2.24) is 19.9 Å². The highest BCUT2D eigenvalue weighted by Gasteiger charge is 2.12. The van der Waals surface area contributed by atoms with Gasteiger partial charge in [0, 0.05) is 18.5 Å². The van der Waals surface area contributed by atoms with Crippen LogP contribution in [-0.2, 0) is 0 Å². The number of aryl methyl sites for hydroxylation is 1. The van der Waals surface area contributed by atoms with Gasteiger partial charge in [0.2, 0.25) is 0 Å². The molecule has 0 radical (unpaired) electrons. The molecule has 0 bridgehead atoms. The third-order valence-electron chi connectivity index (χ3n) is 4.17. The van der Waals surface area contributed by atoms with Gasteiger partial charge in [0.05, 0.1) is 24.2 Å².